The van der Waals surface area contributed by atoms with E-state index in [9.17, 15) is 0 Å². The van der Waals surface area contributed by atoms with Crippen molar-refractivity contribution in [3.8, 4) is 5.75 Å². The van der Waals surface area contributed by atoms with Gasteiger partial charge in [0.1, 0.15) is 11.6 Å². The molecule has 1 fully saturated rings. The molecule has 0 saturated carbocycles. The minimum Gasteiger partial charge on any atom is -0.497 e. The number of hydrogen-bond acceptors (Lipinski definition) is 6. The Balaban J connectivity index is 1.64. The normalized spacial score (nSPS) is 15.2. The summed E-state index contributed by atoms with van der Waals surface area (Å²) in [5.74, 6) is 2.57. The highest BCUT2D eigenvalue weighted by atomic mass is 16.5. The average Bonchev–Trinajstić information content (AvgIpc) is 2.66. The van der Waals surface area contributed by atoms with Gasteiger partial charge >= 0.3 is 0 Å². The molecule has 0 radical (unpaired) electrons. The SMILES string of the molecule is CCN1CCN(c2nc(C)cc(NCc3ccc(OC)cc3)n2)CC1. The molecule has 1 aliphatic heterocycles. The van der Waals surface area contributed by atoms with Gasteiger partial charge in [0.15, 0.2) is 0 Å². The van der Waals surface area contributed by atoms with Gasteiger partial charge in [0.25, 0.3) is 0 Å². The lowest BCUT2D eigenvalue weighted by atomic mass is 10.2. The molecule has 0 unspecified atom stereocenters. The number of nitrogens with one attached hydrogen (secondary N) is 1. The first kappa shape index (κ1) is 17.5. The van der Waals surface area contributed by atoms with Gasteiger partial charge in [0.05, 0.1) is 7.11 Å². The average molecular weight is 341 g/mol. The standard InChI is InChI=1S/C19H27N5O/c1-4-23-9-11-24(12-10-23)19-21-15(2)13-18(22-19)20-14-16-5-7-17(25-3)8-6-16/h5-8,13H,4,9-12,14H2,1-3H3,(H,20,21,22). The zero-order valence-electron chi connectivity index (χ0n) is 15.3. The molecule has 134 valence electrons. The summed E-state index contributed by atoms with van der Waals surface area (Å²) in [6, 6.07) is 10.1. The molecule has 3 rings (SSSR count). The third-order valence-corrected chi connectivity index (χ3v) is 4.58. The van der Waals surface area contributed by atoms with Crippen molar-refractivity contribution >= 4 is 11.8 Å². The molecule has 0 spiro atoms. The molecule has 1 aliphatic rings. The number of aromatic nitrogens is 2. The summed E-state index contributed by atoms with van der Waals surface area (Å²) in [7, 11) is 1.68. The number of ether oxygens (including phenoxy) is 1. The number of hydrogen-bond donors (Lipinski definition) is 1. The van der Waals surface area contributed by atoms with Crippen molar-refractivity contribution < 1.29 is 4.74 Å². The number of rotatable bonds is 6. The van der Waals surface area contributed by atoms with Crippen LogP contribution in [0.5, 0.6) is 5.75 Å². The van der Waals surface area contributed by atoms with E-state index in [0.717, 1.165) is 62.5 Å². The summed E-state index contributed by atoms with van der Waals surface area (Å²) >= 11 is 0. The summed E-state index contributed by atoms with van der Waals surface area (Å²) in [5, 5.41) is 3.41. The second kappa shape index (κ2) is 8.16. The van der Waals surface area contributed by atoms with Crippen LogP contribution < -0.4 is 15.0 Å². The first-order valence-electron chi connectivity index (χ1n) is 8.87. The monoisotopic (exact) mass is 341 g/mol. The number of aryl methyl sites for hydroxylation is 1. The van der Waals surface area contributed by atoms with Crippen LogP contribution in [-0.2, 0) is 6.54 Å². The Morgan fingerprint density at radius 1 is 1.08 bits per heavy atom. The first-order valence-corrected chi connectivity index (χ1v) is 8.87. The Morgan fingerprint density at radius 3 is 2.44 bits per heavy atom. The predicted octanol–water partition coefficient (Wildman–Crippen LogP) is 2.55. The van der Waals surface area contributed by atoms with Crippen molar-refractivity contribution in [2.24, 2.45) is 0 Å². The molecule has 6 nitrogen and oxygen atoms in total. The molecular weight excluding hydrogens is 314 g/mol. The van der Waals surface area contributed by atoms with E-state index in [1.165, 1.54) is 5.56 Å². The van der Waals surface area contributed by atoms with Gasteiger partial charge in [-0.05, 0) is 31.2 Å². The second-order valence-electron chi connectivity index (χ2n) is 6.32. The number of benzene rings is 1. The maximum Gasteiger partial charge on any atom is 0.227 e. The lowest BCUT2D eigenvalue weighted by molar-refractivity contribution is 0.270. The van der Waals surface area contributed by atoms with Crippen LogP contribution in [0.25, 0.3) is 0 Å². The maximum atomic E-state index is 5.20. The molecule has 25 heavy (non-hydrogen) atoms. The summed E-state index contributed by atoms with van der Waals surface area (Å²) in [4.78, 5) is 14.1. The molecule has 2 heterocycles. The van der Waals surface area contributed by atoms with Gasteiger partial charge in [-0.2, -0.15) is 4.98 Å². The summed E-state index contributed by atoms with van der Waals surface area (Å²) in [5.41, 5.74) is 2.18. The Labute approximate surface area is 149 Å². The molecule has 2 aromatic rings. The van der Waals surface area contributed by atoms with E-state index in [4.69, 9.17) is 9.72 Å². The van der Waals surface area contributed by atoms with Crippen molar-refractivity contribution in [2.45, 2.75) is 20.4 Å². The summed E-state index contributed by atoms with van der Waals surface area (Å²) < 4.78 is 5.20. The lowest BCUT2D eigenvalue weighted by Crippen LogP contribution is -2.46. The molecule has 0 aliphatic carbocycles. The fraction of sp³-hybridized carbons (Fsp3) is 0.474. The van der Waals surface area contributed by atoms with Gasteiger partial charge < -0.3 is 19.9 Å². The number of likely N-dealkylation sites (N-methyl/N-ethyl adjacent to an activating group) is 1. The third kappa shape index (κ3) is 4.60. The molecule has 1 saturated heterocycles. The Bertz CT molecular complexity index is 681. The highest BCUT2D eigenvalue weighted by Crippen LogP contribution is 2.17. The van der Waals surface area contributed by atoms with Crippen LogP contribution in [0.3, 0.4) is 0 Å². The van der Waals surface area contributed by atoms with Crippen LogP contribution in [0.15, 0.2) is 30.3 Å². The highest BCUT2D eigenvalue weighted by Gasteiger charge is 2.18. The third-order valence-electron chi connectivity index (χ3n) is 4.58. The van der Waals surface area contributed by atoms with Crippen molar-refractivity contribution in [1.29, 1.82) is 0 Å². The fourth-order valence-corrected chi connectivity index (χ4v) is 2.98. The van der Waals surface area contributed by atoms with E-state index >= 15 is 0 Å². The van der Waals surface area contributed by atoms with Crippen LogP contribution in [0.1, 0.15) is 18.2 Å². The zero-order chi connectivity index (χ0) is 17.6. The van der Waals surface area contributed by atoms with Crippen LogP contribution in [0, 0.1) is 6.92 Å². The Hall–Kier alpha value is -2.34. The van der Waals surface area contributed by atoms with Crippen molar-refractivity contribution in [3.05, 3.63) is 41.6 Å². The van der Waals surface area contributed by atoms with E-state index in [2.05, 4.69) is 39.2 Å². The second-order valence-corrected chi connectivity index (χ2v) is 6.32. The number of piperazine rings is 1. The molecule has 6 heteroatoms. The molecular formula is C19H27N5O. The topological polar surface area (TPSA) is 53.5 Å². The Morgan fingerprint density at radius 2 is 1.80 bits per heavy atom. The molecule has 1 N–H and O–H groups in total. The quantitative estimate of drug-likeness (QED) is 0.871. The van der Waals surface area contributed by atoms with E-state index in [1.807, 2.05) is 25.1 Å². The van der Waals surface area contributed by atoms with Gasteiger partial charge in [-0.25, -0.2) is 4.98 Å². The Kier molecular flexibility index (Phi) is 5.71. The van der Waals surface area contributed by atoms with Crippen molar-refractivity contribution in [3.63, 3.8) is 0 Å². The van der Waals surface area contributed by atoms with E-state index in [-0.39, 0.29) is 0 Å². The largest absolute Gasteiger partial charge is 0.497 e. The highest BCUT2D eigenvalue weighted by molar-refractivity contribution is 5.44. The van der Waals surface area contributed by atoms with E-state index in [0.29, 0.717) is 0 Å². The van der Waals surface area contributed by atoms with Crippen LogP contribution >= 0.6 is 0 Å². The van der Waals surface area contributed by atoms with Crippen LogP contribution in [-0.4, -0.2) is 54.7 Å². The van der Waals surface area contributed by atoms with Crippen LogP contribution in [0.4, 0.5) is 11.8 Å². The van der Waals surface area contributed by atoms with E-state index < -0.39 is 0 Å². The molecule has 0 amide bonds. The minimum absolute atomic E-state index is 0.726. The van der Waals surface area contributed by atoms with Crippen molar-refractivity contribution in [2.75, 3.05) is 50.1 Å². The number of anilines is 2. The lowest BCUT2D eigenvalue weighted by Gasteiger charge is -2.34. The molecule has 0 atom stereocenters. The summed E-state index contributed by atoms with van der Waals surface area (Å²) in [6.45, 7) is 10.2. The smallest absolute Gasteiger partial charge is 0.227 e. The zero-order valence-corrected chi connectivity index (χ0v) is 15.3. The van der Waals surface area contributed by atoms with Crippen LogP contribution in [0.2, 0.25) is 0 Å². The predicted molar refractivity (Wildman–Crippen MR) is 101 cm³/mol. The first-order chi connectivity index (χ1) is 12.2. The van der Waals surface area contributed by atoms with Gasteiger partial charge in [0, 0.05) is 44.5 Å². The number of nitrogens with zero attached hydrogens (tertiary/aromatic N) is 4. The molecule has 0 bridgehead atoms. The van der Waals surface area contributed by atoms with Gasteiger partial charge in [-0.1, -0.05) is 19.1 Å². The molecule has 1 aromatic heterocycles. The fourth-order valence-electron chi connectivity index (χ4n) is 2.98. The van der Waals surface area contributed by atoms with Gasteiger partial charge in [-0.3, -0.25) is 0 Å². The number of methoxy groups -OCH3 is 1. The van der Waals surface area contributed by atoms with Gasteiger partial charge in [-0.15, -0.1) is 0 Å². The van der Waals surface area contributed by atoms with Gasteiger partial charge in [0.2, 0.25) is 5.95 Å². The molecule has 1 aromatic carbocycles. The van der Waals surface area contributed by atoms with E-state index in [1.54, 1.807) is 7.11 Å². The summed E-state index contributed by atoms with van der Waals surface area (Å²) in [6.07, 6.45) is 0. The maximum absolute atomic E-state index is 5.20. The van der Waals surface area contributed by atoms with Crippen molar-refractivity contribution in [1.82, 2.24) is 14.9 Å². The minimum atomic E-state index is 0.726.